The van der Waals surface area contributed by atoms with E-state index in [9.17, 15) is 0 Å². The quantitative estimate of drug-likeness (QED) is 0.919. The second kappa shape index (κ2) is 4.61. The number of imidazole rings is 1. The fourth-order valence-electron chi connectivity index (χ4n) is 2.49. The Morgan fingerprint density at radius 1 is 1.42 bits per heavy atom. The Labute approximate surface area is 113 Å². The molecule has 0 aliphatic carbocycles. The van der Waals surface area contributed by atoms with Gasteiger partial charge in [-0.1, -0.05) is 13.8 Å². The third-order valence-electron chi connectivity index (χ3n) is 3.40. The molecular formula is C15H19N3O. The zero-order chi connectivity index (χ0) is 13.4. The molecule has 1 aromatic carbocycles. The maximum Gasteiger partial charge on any atom is 0.131 e. The summed E-state index contributed by atoms with van der Waals surface area (Å²) in [5.41, 5.74) is 9.39. The van der Waals surface area contributed by atoms with Gasteiger partial charge in [-0.25, -0.2) is 4.98 Å². The van der Waals surface area contributed by atoms with Crippen molar-refractivity contribution in [2.45, 2.75) is 26.8 Å². The first-order valence-corrected chi connectivity index (χ1v) is 6.72. The van der Waals surface area contributed by atoms with Crippen molar-refractivity contribution in [3.05, 3.63) is 30.1 Å². The maximum absolute atomic E-state index is 6.20. The SMILES string of the molecule is CC(C)Cn1cnc(-c2ccc3c(c2)CCO3)c1N. The lowest BCUT2D eigenvalue weighted by Gasteiger charge is -2.08. The first kappa shape index (κ1) is 12.1. The van der Waals surface area contributed by atoms with Crippen LogP contribution in [0.4, 0.5) is 5.82 Å². The first-order chi connectivity index (χ1) is 9.15. The van der Waals surface area contributed by atoms with E-state index in [0.717, 1.165) is 42.4 Å². The Kier molecular flexibility index (Phi) is 2.93. The highest BCUT2D eigenvalue weighted by Crippen LogP contribution is 2.32. The minimum atomic E-state index is 0.553. The molecular weight excluding hydrogens is 238 g/mol. The van der Waals surface area contributed by atoms with Crippen LogP contribution in [-0.2, 0) is 13.0 Å². The van der Waals surface area contributed by atoms with Gasteiger partial charge in [0.2, 0.25) is 0 Å². The monoisotopic (exact) mass is 257 g/mol. The van der Waals surface area contributed by atoms with Crippen molar-refractivity contribution < 1.29 is 4.74 Å². The van der Waals surface area contributed by atoms with E-state index in [1.807, 2.05) is 23.0 Å². The number of nitrogen functional groups attached to an aromatic ring is 1. The Bertz CT molecular complexity index is 601. The van der Waals surface area contributed by atoms with Gasteiger partial charge in [-0.05, 0) is 29.7 Å². The van der Waals surface area contributed by atoms with E-state index in [2.05, 4.69) is 24.9 Å². The lowest BCUT2D eigenvalue weighted by atomic mass is 10.1. The molecule has 0 saturated carbocycles. The largest absolute Gasteiger partial charge is 0.493 e. The highest BCUT2D eigenvalue weighted by atomic mass is 16.5. The summed E-state index contributed by atoms with van der Waals surface area (Å²) < 4.78 is 7.54. The molecule has 0 saturated heterocycles. The van der Waals surface area contributed by atoms with Crippen molar-refractivity contribution in [1.29, 1.82) is 0 Å². The van der Waals surface area contributed by atoms with Crippen molar-refractivity contribution in [3.8, 4) is 17.0 Å². The van der Waals surface area contributed by atoms with E-state index in [0.29, 0.717) is 5.92 Å². The lowest BCUT2D eigenvalue weighted by molar-refractivity contribution is 0.357. The van der Waals surface area contributed by atoms with Gasteiger partial charge in [-0.3, -0.25) is 0 Å². The molecule has 1 aliphatic rings. The number of nitrogens with two attached hydrogens (primary N) is 1. The highest BCUT2D eigenvalue weighted by molar-refractivity contribution is 5.72. The van der Waals surface area contributed by atoms with E-state index in [-0.39, 0.29) is 0 Å². The van der Waals surface area contributed by atoms with Crippen LogP contribution in [0.15, 0.2) is 24.5 Å². The molecule has 0 atom stereocenters. The number of nitrogens with zero attached hydrogens (tertiary/aromatic N) is 2. The Morgan fingerprint density at radius 3 is 3.05 bits per heavy atom. The molecule has 1 aromatic heterocycles. The van der Waals surface area contributed by atoms with Crippen LogP contribution in [0, 0.1) is 5.92 Å². The molecule has 0 spiro atoms. The molecule has 2 heterocycles. The second-order valence-corrected chi connectivity index (χ2v) is 5.45. The summed E-state index contributed by atoms with van der Waals surface area (Å²) in [5.74, 6) is 2.29. The molecule has 0 radical (unpaired) electrons. The number of ether oxygens (including phenoxy) is 1. The standard InChI is InChI=1S/C15H19N3O/c1-10(2)8-18-9-17-14(15(18)16)12-3-4-13-11(7-12)5-6-19-13/h3-4,7,9-10H,5-6,8,16H2,1-2H3. The fraction of sp³-hybridized carbons (Fsp3) is 0.400. The van der Waals surface area contributed by atoms with Crippen LogP contribution in [0.25, 0.3) is 11.3 Å². The van der Waals surface area contributed by atoms with E-state index < -0.39 is 0 Å². The topological polar surface area (TPSA) is 53.1 Å². The van der Waals surface area contributed by atoms with Gasteiger partial charge in [-0.15, -0.1) is 0 Å². The molecule has 2 aromatic rings. The smallest absolute Gasteiger partial charge is 0.131 e. The zero-order valence-corrected chi connectivity index (χ0v) is 11.4. The molecule has 1 aliphatic heterocycles. The molecule has 0 amide bonds. The van der Waals surface area contributed by atoms with Gasteiger partial charge >= 0.3 is 0 Å². The van der Waals surface area contributed by atoms with Crippen LogP contribution in [0.2, 0.25) is 0 Å². The second-order valence-electron chi connectivity index (χ2n) is 5.45. The summed E-state index contributed by atoms with van der Waals surface area (Å²) in [6.45, 7) is 6.01. The highest BCUT2D eigenvalue weighted by Gasteiger charge is 2.16. The van der Waals surface area contributed by atoms with Crippen LogP contribution < -0.4 is 10.5 Å². The van der Waals surface area contributed by atoms with Gasteiger partial charge in [0.15, 0.2) is 0 Å². The average molecular weight is 257 g/mol. The van der Waals surface area contributed by atoms with E-state index in [1.54, 1.807) is 0 Å². The van der Waals surface area contributed by atoms with Gasteiger partial charge in [-0.2, -0.15) is 0 Å². The normalized spacial score (nSPS) is 13.6. The number of fused-ring (bicyclic) bond motifs is 1. The van der Waals surface area contributed by atoms with E-state index in [1.165, 1.54) is 5.56 Å². The number of rotatable bonds is 3. The first-order valence-electron chi connectivity index (χ1n) is 6.72. The van der Waals surface area contributed by atoms with Crippen LogP contribution in [-0.4, -0.2) is 16.2 Å². The number of benzene rings is 1. The zero-order valence-electron chi connectivity index (χ0n) is 11.4. The molecule has 0 unspecified atom stereocenters. The molecule has 100 valence electrons. The van der Waals surface area contributed by atoms with E-state index >= 15 is 0 Å². The lowest BCUT2D eigenvalue weighted by Crippen LogP contribution is -2.06. The van der Waals surface area contributed by atoms with Crippen molar-refractivity contribution >= 4 is 5.82 Å². The van der Waals surface area contributed by atoms with Crippen LogP contribution >= 0.6 is 0 Å². The predicted molar refractivity (Wildman–Crippen MR) is 76.1 cm³/mol. The minimum Gasteiger partial charge on any atom is -0.493 e. The molecule has 4 heteroatoms. The molecule has 19 heavy (non-hydrogen) atoms. The number of anilines is 1. The van der Waals surface area contributed by atoms with Gasteiger partial charge in [0, 0.05) is 18.5 Å². The van der Waals surface area contributed by atoms with E-state index in [4.69, 9.17) is 10.5 Å². The van der Waals surface area contributed by atoms with Gasteiger partial charge in [0.05, 0.1) is 12.9 Å². The summed E-state index contributed by atoms with van der Waals surface area (Å²) in [5, 5.41) is 0. The Morgan fingerprint density at radius 2 is 2.26 bits per heavy atom. The molecule has 4 nitrogen and oxygen atoms in total. The summed E-state index contributed by atoms with van der Waals surface area (Å²) >= 11 is 0. The van der Waals surface area contributed by atoms with Crippen LogP contribution in [0.5, 0.6) is 5.75 Å². The van der Waals surface area contributed by atoms with Crippen LogP contribution in [0.1, 0.15) is 19.4 Å². The fourth-order valence-corrected chi connectivity index (χ4v) is 2.49. The van der Waals surface area contributed by atoms with Crippen molar-refractivity contribution in [2.75, 3.05) is 12.3 Å². The van der Waals surface area contributed by atoms with Crippen molar-refractivity contribution in [2.24, 2.45) is 5.92 Å². The summed E-state index contributed by atoms with van der Waals surface area (Å²) in [6.07, 6.45) is 2.80. The Balaban J connectivity index is 1.96. The van der Waals surface area contributed by atoms with Gasteiger partial charge in [0.1, 0.15) is 17.3 Å². The minimum absolute atomic E-state index is 0.553. The molecule has 3 rings (SSSR count). The summed E-state index contributed by atoms with van der Waals surface area (Å²) in [7, 11) is 0. The predicted octanol–water partition coefficient (Wildman–Crippen LogP) is 2.72. The van der Waals surface area contributed by atoms with Crippen LogP contribution in [0.3, 0.4) is 0 Å². The molecule has 0 fully saturated rings. The number of hydrogen-bond donors (Lipinski definition) is 1. The Hall–Kier alpha value is -1.97. The number of aromatic nitrogens is 2. The summed E-state index contributed by atoms with van der Waals surface area (Å²) in [6, 6.07) is 6.18. The average Bonchev–Trinajstić information content (AvgIpc) is 2.96. The maximum atomic E-state index is 6.20. The number of hydrogen-bond acceptors (Lipinski definition) is 3. The summed E-state index contributed by atoms with van der Waals surface area (Å²) in [4.78, 5) is 4.46. The van der Waals surface area contributed by atoms with Gasteiger partial charge < -0.3 is 15.0 Å². The van der Waals surface area contributed by atoms with Crippen molar-refractivity contribution in [3.63, 3.8) is 0 Å². The third-order valence-corrected chi connectivity index (χ3v) is 3.40. The van der Waals surface area contributed by atoms with Gasteiger partial charge in [0.25, 0.3) is 0 Å². The molecule has 0 bridgehead atoms. The molecule has 2 N–H and O–H groups in total. The van der Waals surface area contributed by atoms with Crippen molar-refractivity contribution in [1.82, 2.24) is 9.55 Å². The third kappa shape index (κ3) is 2.18.